The van der Waals surface area contributed by atoms with Crippen molar-refractivity contribution in [3.63, 3.8) is 0 Å². The van der Waals surface area contributed by atoms with Gasteiger partial charge in [-0.2, -0.15) is 15.0 Å². The molecule has 9 heteroatoms. The SMILES string of the molecule is CN(Cc1cnn(-c2ccccc2)n1)C(=O)c1cc2occ(C(=O)O)c2[nH]1. The number of hydrogen-bond donors (Lipinski definition) is 2. The molecule has 0 fully saturated rings. The molecule has 0 aliphatic heterocycles. The van der Waals surface area contributed by atoms with Crippen LogP contribution in [0.3, 0.4) is 0 Å². The Morgan fingerprint density at radius 3 is 2.81 bits per heavy atom. The molecular weight excluding hydrogens is 350 g/mol. The van der Waals surface area contributed by atoms with Crippen LogP contribution in [0.1, 0.15) is 26.5 Å². The van der Waals surface area contributed by atoms with Crippen molar-refractivity contribution < 1.29 is 19.1 Å². The largest absolute Gasteiger partial charge is 0.477 e. The van der Waals surface area contributed by atoms with E-state index in [0.717, 1.165) is 12.0 Å². The first-order chi connectivity index (χ1) is 13.0. The number of aromatic amines is 1. The van der Waals surface area contributed by atoms with E-state index in [1.165, 1.54) is 15.8 Å². The molecule has 0 atom stereocenters. The van der Waals surface area contributed by atoms with E-state index < -0.39 is 5.97 Å². The summed E-state index contributed by atoms with van der Waals surface area (Å²) in [6.45, 7) is 0.248. The van der Waals surface area contributed by atoms with E-state index in [4.69, 9.17) is 9.52 Å². The third-order valence-electron chi connectivity index (χ3n) is 4.09. The molecule has 4 rings (SSSR count). The van der Waals surface area contributed by atoms with Crippen molar-refractivity contribution in [2.75, 3.05) is 7.05 Å². The van der Waals surface area contributed by atoms with Gasteiger partial charge in [0.25, 0.3) is 5.91 Å². The van der Waals surface area contributed by atoms with Gasteiger partial charge in [0.2, 0.25) is 0 Å². The summed E-state index contributed by atoms with van der Waals surface area (Å²) in [5.41, 5.74) is 2.27. The molecule has 27 heavy (non-hydrogen) atoms. The minimum absolute atomic E-state index is 0.0162. The molecule has 0 spiro atoms. The Bertz CT molecular complexity index is 1130. The summed E-state index contributed by atoms with van der Waals surface area (Å²) < 4.78 is 5.18. The molecule has 3 heterocycles. The van der Waals surface area contributed by atoms with Gasteiger partial charge in [-0.15, -0.1) is 0 Å². The zero-order valence-electron chi connectivity index (χ0n) is 14.3. The van der Waals surface area contributed by atoms with Gasteiger partial charge in [0.15, 0.2) is 5.58 Å². The molecule has 4 aromatic rings. The van der Waals surface area contributed by atoms with Crippen LogP contribution in [-0.4, -0.2) is 48.9 Å². The highest BCUT2D eigenvalue weighted by Gasteiger charge is 2.21. The summed E-state index contributed by atoms with van der Waals surface area (Å²) in [7, 11) is 1.63. The van der Waals surface area contributed by atoms with Crippen LogP contribution >= 0.6 is 0 Å². The topological polar surface area (TPSA) is 117 Å². The average Bonchev–Trinajstić information content (AvgIpc) is 3.36. The van der Waals surface area contributed by atoms with Gasteiger partial charge in [0.05, 0.1) is 23.9 Å². The van der Waals surface area contributed by atoms with Crippen molar-refractivity contribution in [3.05, 3.63) is 65.8 Å². The van der Waals surface area contributed by atoms with Crippen molar-refractivity contribution >= 4 is 23.0 Å². The molecule has 2 N–H and O–H groups in total. The summed E-state index contributed by atoms with van der Waals surface area (Å²) >= 11 is 0. The number of rotatable bonds is 5. The number of furan rings is 1. The number of carbonyl (C=O) groups is 2. The maximum absolute atomic E-state index is 12.6. The highest BCUT2D eigenvalue weighted by molar-refractivity contribution is 6.04. The number of H-pyrrole nitrogens is 1. The summed E-state index contributed by atoms with van der Waals surface area (Å²) in [5.74, 6) is -1.44. The van der Waals surface area contributed by atoms with Crippen molar-refractivity contribution in [3.8, 4) is 5.69 Å². The third-order valence-corrected chi connectivity index (χ3v) is 4.09. The Labute approximate surface area is 152 Å². The van der Waals surface area contributed by atoms with E-state index >= 15 is 0 Å². The minimum atomic E-state index is -1.12. The fourth-order valence-corrected chi connectivity index (χ4v) is 2.76. The molecule has 1 amide bonds. The maximum Gasteiger partial charge on any atom is 0.341 e. The second-order valence-electron chi connectivity index (χ2n) is 6.00. The van der Waals surface area contributed by atoms with E-state index in [1.54, 1.807) is 13.2 Å². The Morgan fingerprint density at radius 1 is 1.30 bits per heavy atom. The number of carboxylic acid groups (broad SMARTS) is 1. The smallest absolute Gasteiger partial charge is 0.341 e. The number of nitrogens with zero attached hydrogens (tertiary/aromatic N) is 4. The lowest BCUT2D eigenvalue weighted by atomic mass is 10.3. The Morgan fingerprint density at radius 2 is 2.07 bits per heavy atom. The number of nitrogens with one attached hydrogen (secondary N) is 1. The summed E-state index contributed by atoms with van der Waals surface area (Å²) in [6.07, 6.45) is 2.74. The predicted octanol–water partition coefficient (Wildman–Crippen LogP) is 2.31. The number of benzene rings is 1. The lowest BCUT2D eigenvalue weighted by Crippen LogP contribution is -2.26. The van der Waals surface area contributed by atoms with Gasteiger partial charge in [-0.25, -0.2) is 4.79 Å². The molecule has 3 aromatic heterocycles. The van der Waals surface area contributed by atoms with E-state index in [1.807, 2.05) is 30.3 Å². The number of fused-ring (bicyclic) bond motifs is 1. The molecule has 0 unspecified atom stereocenters. The Hall–Kier alpha value is -3.88. The van der Waals surface area contributed by atoms with Crippen molar-refractivity contribution in [2.45, 2.75) is 6.54 Å². The van der Waals surface area contributed by atoms with E-state index in [0.29, 0.717) is 11.3 Å². The molecule has 0 aliphatic rings. The highest BCUT2D eigenvalue weighted by atomic mass is 16.4. The lowest BCUT2D eigenvalue weighted by Gasteiger charge is -2.14. The van der Waals surface area contributed by atoms with Crippen LogP contribution in [0.2, 0.25) is 0 Å². The number of para-hydroxylation sites is 1. The fraction of sp³-hybridized carbons (Fsp3) is 0.111. The van der Waals surface area contributed by atoms with Gasteiger partial charge in [0.1, 0.15) is 23.2 Å². The van der Waals surface area contributed by atoms with Crippen molar-refractivity contribution in [2.24, 2.45) is 0 Å². The van der Waals surface area contributed by atoms with E-state index in [9.17, 15) is 9.59 Å². The van der Waals surface area contributed by atoms with Crippen LogP contribution in [-0.2, 0) is 6.54 Å². The normalized spacial score (nSPS) is 11.0. The maximum atomic E-state index is 12.6. The predicted molar refractivity (Wildman–Crippen MR) is 94.7 cm³/mol. The summed E-state index contributed by atoms with van der Waals surface area (Å²) in [6, 6.07) is 10.9. The quantitative estimate of drug-likeness (QED) is 0.560. The number of aromatic nitrogens is 4. The van der Waals surface area contributed by atoms with Crippen molar-refractivity contribution in [1.29, 1.82) is 0 Å². The molecule has 0 bridgehead atoms. The monoisotopic (exact) mass is 365 g/mol. The van der Waals surface area contributed by atoms with Gasteiger partial charge in [-0.05, 0) is 12.1 Å². The summed E-state index contributed by atoms with van der Waals surface area (Å²) in [4.78, 5) is 29.6. The zero-order valence-corrected chi connectivity index (χ0v) is 14.3. The number of amides is 1. The van der Waals surface area contributed by atoms with Crippen LogP contribution in [0.4, 0.5) is 0 Å². The van der Waals surface area contributed by atoms with Crippen LogP contribution in [0.5, 0.6) is 0 Å². The molecule has 1 aromatic carbocycles. The summed E-state index contributed by atoms with van der Waals surface area (Å²) in [5, 5.41) is 17.7. The molecule has 0 saturated carbocycles. The fourth-order valence-electron chi connectivity index (χ4n) is 2.76. The van der Waals surface area contributed by atoms with E-state index in [2.05, 4.69) is 15.2 Å². The molecule has 136 valence electrons. The molecule has 9 nitrogen and oxygen atoms in total. The van der Waals surface area contributed by atoms with Crippen molar-refractivity contribution in [1.82, 2.24) is 24.9 Å². The molecule has 0 saturated heterocycles. The van der Waals surface area contributed by atoms with Gasteiger partial charge in [-0.3, -0.25) is 4.79 Å². The first-order valence-electron chi connectivity index (χ1n) is 8.08. The third kappa shape index (κ3) is 3.06. The Kier molecular flexibility index (Phi) is 3.96. The number of aromatic carboxylic acids is 1. The molecule has 0 radical (unpaired) electrons. The van der Waals surface area contributed by atoms with Crippen LogP contribution in [0.25, 0.3) is 16.8 Å². The Balaban J connectivity index is 1.51. The van der Waals surface area contributed by atoms with Gasteiger partial charge in [0, 0.05) is 13.1 Å². The van der Waals surface area contributed by atoms with Gasteiger partial charge >= 0.3 is 5.97 Å². The second kappa shape index (κ2) is 6.45. The standard InChI is InChI=1S/C18H15N5O4/c1-22(9-11-8-19-23(21-11)12-5-3-2-4-6-12)17(24)14-7-15-16(20-14)13(10-27-15)18(25)26/h2-8,10,20H,9H2,1H3,(H,25,26). The van der Waals surface area contributed by atoms with Gasteiger partial charge < -0.3 is 19.4 Å². The number of carbonyl (C=O) groups excluding carboxylic acids is 1. The zero-order chi connectivity index (χ0) is 19.0. The van der Waals surface area contributed by atoms with Crippen LogP contribution in [0.15, 0.2) is 53.3 Å². The number of hydrogen-bond acceptors (Lipinski definition) is 5. The van der Waals surface area contributed by atoms with E-state index in [-0.39, 0.29) is 29.2 Å². The first kappa shape index (κ1) is 16.6. The average molecular weight is 365 g/mol. The first-order valence-corrected chi connectivity index (χ1v) is 8.08. The molecular formula is C18H15N5O4. The number of carboxylic acids is 1. The van der Waals surface area contributed by atoms with Crippen LogP contribution in [0, 0.1) is 0 Å². The molecule has 0 aliphatic carbocycles. The highest BCUT2D eigenvalue weighted by Crippen LogP contribution is 2.22. The van der Waals surface area contributed by atoms with Crippen LogP contribution < -0.4 is 0 Å². The second-order valence-corrected chi connectivity index (χ2v) is 6.00. The minimum Gasteiger partial charge on any atom is -0.477 e. The van der Waals surface area contributed by atoms with Gasteiger partial charge in [-0.1, -0.05) is 18.2 Å². The lowest BCUT2D eigenvalue weighted by molar-refractivity contribution is 0.0696.